The van der Waals surface area contributed by atoms with Gasteiger partial charge >= 0.3 is 11.9 Å². The number of ether oxygens (including phenoxy) is 4. The fourth-order valence-corrected chi connectivity index (χ4v) is 13.0. The summed E-state index contributed by atoms with van der Waals surface area (Å²) >= 11 is 12.7. The van der Waals surface area contributed by atoms with Crippen LogP contribution >= 0.6 is 23.2 Å². The molecule has 71 heavy (non-hydrogen) atoms. The van der Waals surface area contributed by atoms with E-state index in [0.717, 1.165) is 39.3 Å². The number of carbonyl (C=O) groups is 6. The van der Waals surface area contributed by atoms with Crippen LogP contribution in [0, 0.1) is 47.3 Å². The summed E-state index contributed by atoms with van der Waals surface area (Å²) in [6, 6.07) is 17.1. The first-order valence-corrected chi connectivity index (χ1v) is 25.8. The van der Waals surface area contributed by atoms with Crippen molar-refractivity contribution in [2.75, 3.05) is 78.8 Å². The Kier molecular flexibility index (Phi) is 15.1. The third-order valence-electron chi connectivity index (χ3n) is 15.8. The summed E-state index contributed by atoms with van der Waals surface area (Å²) in [6.07, 6.45) is 1.45. The van der Waals surface area contributed by atoms with E-state index in [2.05, 4.69) is 35.7 Å². The zero-order valence-electron chi connectivity index (χ0n) is 39.4. The van der Waals surface area contributed by atoms with Crippen LogP contribution in [0.15, 0.2) is 60.7 Å². The molecule has 4 bridgehead atoms. The first-order chi connectivity index (χ1) is 34.5. The van der Waals surface area contributed by atoms with Gasteiger partial charge in [0.2, 0.25) is 23.6 Å². The van der Waals surface area contributed by atoms with E-state index >= 15 is 0 Å². The molecule has 4 amide bonds. The maximum atomic E-state index is 14.9. The zero-order valence-corrected chi connectivity index (χ0v) is 40.9. The van der Waals surface area contributed by atoms with Crippen molar-refractivity contribution in [2.24, 2.45) is 47.3 Å². The Hall–Kier alpha value is -5.30. The smallest absolute Gasteiger partial charge is 0.339 e. The minimum absolute atomic E-state index is 0.123. The van der Waals surface area contributed by atoms with Crippen LogP contribution < -0.4 is 16.0 Å². The van der Waals surface area contributed by atoms with Gasteiger partial charge in [0.05, 0.1) is 72.3 Å². The van der Waals surface area contributed by atoms with E-state index in [1.165, 1.54) is 12.1 Å². The number of para-hydroxylation sites is 2. The van der Waals surface area contributed by atoms with Gasteiger partial charge in [0.15, 0.2) is 0 Å². The van der Waals surface area contributed by atoms with Crippen molar-refractivity contribution in [2.45, 2.75) is 50.7 Å². The van der Waals surface area contributed by atoms with Gasteiger partial charge in [0, 0.05) is 61.9 Å². The second-order valence-electron chi connectivity index (χ2n) is 19.9. The molecule has 4 heterocycles. The van der Waals surface area contributed by atoms with Crippen LogP contribution in [0.5, 0.6) is 0 Å². The van der Waals surface area contributed by atoms with E-state index < -0.39 is 71.5 Å². The SMILES string of the molecule is O=C(OC1CC2CC1C(C(=O)NC(=O)C1C3CC(CC3OC(=O)c3cc(Cl)nc4ccccc34)C1C(=O)NCCCN1CCOCC1)C2C(=O)NCCCN1CCOCC1)c1cc(Cl)nc2ccccc12. The lowest BCUT2D eigenvalue weighted by Gasteiger charge is -2.36. The van der Waals surface area contributed by atoms with E-state index in [-0.39, 0.29) is 45.1 Å². The number of amides is 4. The van der Waals surface area contributed by atoms with Crippen LogP contribution in [0.25, 0.3) is 21.8 Å². The Morgan fingerprint density at radius 2 is 0.972 bits per heavy atom. The number of aromatic nitrogens is 2. The molecule has 2 saturated heterocycles. The fourth-order valence-electron chi connectivity index (χ4n) is 12.6. The third-order valence-corrected chi connectivity index (χ3v) is 16.2. The van der Waals surface area contributed by atoms with Crippen molar-refractivity contribution in [3.8, 4) is 0 Å². The summed E-state index contributed by atoms with van der Waals surface area (Å²) in [4.78, 5) is 99.5. The summed E-state index contributed by atoms with van der Waals surface area (Å²) in [6.45, 7) is 8.26. The highest BCUT2D eigenvalue weighted by molar-refractivity contribution is 6.31. The third kappa shape index (κ3) is 10.6. The number of carbonyl (C=O) groups excluding carboxylic acids is 6. The van der Waals surface area contributed by atoms with E-state index in [1.54, 1.807) is 48.5 Å². The number of halogens is 2. The topological polar surface area (TPSA) is 208 Å². The van der Waals surface area contributed by atoms with Gasteiger partial charge in [-0.3, -0.25) is 34.3 Å². The van der Waals surface area contributed by atoms with E-state index in [9.17, 15) is 28.8 Å². The van der Waals surface area contributed by atoms with Gasteiger partial charge < -0.3 is 29.6 Å². The highest BCUT2D eigenvalue weighted by atomic mass is 35.5. The first-order valence-electron chi connectivity index (χ1n) is 25.0. The van der Waals surface area contributed by atoms with Gasteiger partial charge in [0.1, 0.15) is 22.5 Å². The molecule has 4 aliphatic carbocycles. The molecule has 17 nitrogen and oxygen atoms in total. The molecule has 10 rings (SSSR count). The molecule has 4 aromatic rings. The summed E-state index contributed by atoms with van der Waals surface area (Å²) in [5.74, 6) is -8.70. The highest BCUT2D eigenvalue weighted by Crippen LogP contribution is 2.56. The van der Waals surface area contributed by atoms with Crippen LogP contribution in [0.1, 0.15) is 59.2 Å². The van der Waals surface area contributed by atoms with Gasteiger partial charge in [-0.1, -0.05) is 59.6 Å². The lowest BCUT2D eigenvalue weighted by Crippen LogP contribution is -2.53. The molecular formula is C52H59Cl2N7O10. The lowest BCUT2D eigenvalue weighted by molar-refractivity contribution is -0.147. The largest absolute Gasteiger partial charge is 0.458 e. The highest BCUT2D eigenvalue weighted by Gasteiger charge is 2.62. The van der Waals surface area contributed by atoms with E-state index in [4.69, 9.17) is 42.1 Å². The molecule has 0 spiro atoms. The quantitative estimate of drug-likeness (QED) is 0.0602. The molecule has 6 fully saturated rings. The normalized spacial score (nSPS) is 28.2. The Bertz CT molecular complexity index is 2500. The number of hydrogen-bond donors (Lipinski definition) is 3. The number of benzene rings is 2. The average Bonchev–Trinajstić information content (AvgIpc) is 4.17. The number of fused-ring (bicyclic) bond motifs is 6. The van der Waals surface area contributed by atoms with Crippen molar-refractivity contribution in [1.29, 1.82) is 0 Å². The van der Waals surface area contributed by atoms with Gasteiger partial charge in [-0.25, -0.2) is 19.6 Å². The number of hydrogen-bond acceptors (Lipinski definition) is 14. The van der Waals surface area contributed by atoms with Gasteiger partial charge in [0.25, 0.3) is 0 Å². The van der Waals surface area contributed by atoms with Crippen molar-refractivity contribution in [3.63, 3.8) is 0 Å². The van der Waals surface area contributed by atoms with Crippen LogP contribution in [0.2, 0.25) is 10.3 Å². The Morgan fingerprint density at radius 1 is 0.563 bits per heavy atom. The predicted octanol–water partition coefficient (Wildman–Crippen LogP) is 4.71. The van der Waals surface area contributed by atoms with Crippen LogP contribution in [0.3, 0.4) is 0 Å². The van der Waals surface area contributed by atoms with Crippen molar-refractivity contribution in [3.05, 3.63) is 82.1 Å². The minimum Gasteiger partial charge on any atom is -0.458 e. The molecule has 3 N–H and O–H groups in total. The molecule has 2 aliphatic heterocycles. The number of rotatable bonds is 16. The number of esters is 2. The zero-order chi connectivity index (χ0) is 49.2. The Labute approximate surface area is 421 Å². The molecule has 4 saturated carbocycles. The van der Waals surface area contributed by atoms with Crippen molar-refractivity contribution in [1.82, 2.24) is 35.7 Å². The monoisotopic (exact) mass is 1010 g/mol. The molecule has 0 radical (unpaired) electrons. The van der Waals surface area contributed by atoms with E-state index in [0.29, 0.717) is 99.8 Å². The second kappa shape index (κ2) is 21.8. The molecule has 19 heteroatoms. The van der Waals surface area contributed by atoms with Crippen LogP contribution in [0.4, 0.5) is 0 Å². The average molecular weight is 1010 g/mol. The molecular weight excluding hydrogens is 954 g/mol. The van der Waals surface area contributed by atoms with E-state index in [1.807, 2.05) is 0 Å². The molecule has 6 aliphatic rings. The Balaban J connectivity index is 0.880. The number of imide groups is 1. The van der Waals surface area contributed by atoms with Crippen LogP contribution in [-0.4, -0.2) is 146 Å². The first kappa shape index (κ1) is 49.3. The van der Waals surface area contributed by atoms with Crippen molar-refractivity contribution < 1.29 is 47.7 Å². The number of nitrogens with zero attached hydrogens (tertiary/aromatic N) is 4. The molecule has 2 aromatic carbocycles. The maximum Gasteiger partial charge on any atom is 0.339 e. The summed E-state index contributed by atoms with van der Waals surface area (Å²) < 4.78 is 23.4. The van der Waals surface area contributed by atoms with Gasteiger partial charge in [-0.05, 0) is 87.7 Å². The number of morpholine rings is 2. The summed E-state index contributed by atoms with van der Waals surface area (Å²) in [7, 11) is 0. The predicted molar refractivity (Wildman–Crippen MR) is 261 cm³/mol. The number of nitrogens with one attached hydrogen (secondary N) is 3. The van der Waals surface area contributed by atoms with Gasteiger partial charge in [-0.15, -0.1) is 0 Å². The number of pyridine rings is 2. The van der Waals surface area contributed by atoms with Crippen LogP contribution in [-0.2, 0) is 38.1 Å². The standard InChI is InChI=1S/C52H59Cl2N7O10/c53-41-27-33(31-7-1-3-9-37(31)57-41)51(66)70-39-25-29-23-35(39)45(43(29)47(62)55-11-5-13-60-15-19-68-20-16-60)49(64)59-50(65)46-36-24-30(44(46)48(63)56-12-6-14-61-17-21-69-22-18-61)26-40(36)71-52(67)34-28-42(54)58-38-10-4-2-8-32(34)38/h1-4,7-10,27-30,35-36,39-40,43-46H,5-6,11-26H2,(H,55,62)(H,56,63)(H,59,64,65). The molecule has 10 unspecified atom stereocenters. The summed E-state index contributed by atoms with van der Waals surface area (Å²) in [5.41, 5.74) is 1.50. The molecule has 10 atom stereocenters. The Morgan fingerprint density at radius 3 is 1.39 bits per heavy atom. The second-order valence-corrected chi connectivity index (χ2v) is 20.6. The lowest BCUT2D eigenvalue weighted by atomic mass is 9.75. The summed E-state index contributed by atoms with van der Waals surface area (Å²) in [5, 5.41) is 10.2. The minimum atomic E-state index is -1.03. The fraction of sp³-hybridized carbons (Fsp3) is 0.538. The maximum absolute atomic E-state index is 14.9. The van der Waals surface area contributed by atoms with Gasteiger partial charge in [-0.2, -0.15) is 0 Å². The van der Waals surface area contributed by atoms with Crippen molar-refractivity contribution >= 4 is 80.6 Å². The molecule has 376 valence electrons. The molecule has 2 aromatic heterocycles.